The van der Waals surface area contributed by atoms with Crippen molar-refractivity contribution in [2.75, 3.05) is 0 Å². The number of hydrogen-bond donors (Lipinski definition) is 2. The summed E-state index contributed by atoms with van der Waals surface area (Å²) in [5.74, 6) is 1.02. The molecule has 1 saturated carbocycles. The second-order valence-corrected chi connectivity index (χ2v) is 6.12. The average Bonchev–Trinajstić information content (AvgIpc) is 3.29. The lowest BCUT2D eigenvalue weighted by atomic mass is 9.95. The van der Waals surface area contributed by atoms with Crippen molar-refractivity contribution in [1.29, 1.82) is 10.7 Å². The molecule has 3 N–H and O–H groups in total. The van der Waals surface area contributed by atoms with E-state index < -0.39 is 0 Å². The Morgan fingerprint density at radius 1 is 1.52 bits per heavy atom. The molecule has 0 saturated heterocycles. The molecule has 0 aromatic carbocycles. The number of nitriles is 1. The second kappa shape index (κ2) is 6.66. The van der Waals surface area contributed by atoms with Gasteiger partial charge in [0.15, 0.2) is 0 Å². The molecular formula is C18H21N5. The summed E-state index contributed by atoms with van der Waals surface area (Å²) in [7, 11) is 0. The molecule has 0 spiro atoms. The summed E-state index contributed by atoms with van der Waals surface area (Å²) >= 11 is 0. The van der Waals surface area contributed by atoms with Crippen molar-refractivity contribution >= 4 is 17.6 Å². The molecule has 1 aromatic heterocycles. The molecule has 23 heavy (non-hydrogen) atoms. The van der Waals surface area contributed by atoms with Crippen molar-refractivity contribution in [1.82, 2.24) is 4.57 Å². The van der Waals surface area contributed by atoms with E-state index in [2.05, 4.69) is 15.6 Å². The molecule has 5 heteroatoms. The third-order valence-electron chi connectivity index (χ3n) is 4.82. The lowest BCUT2D eigenvalue weighted by Crippen LogP contribution is -2.15. The van der Waals surface area contributed by atoms with Crippen molar-refractivity contribution in [2.45, 2.75) is 38.1 Å². The summed E-state index contributed by atoms with van der Waals surface area (Å²) in [6.07, 6.45) is 14.3. The number of rotatable bonds is 5. The maximum Gasteiger partial charge on any atom is 0.131 e. The van der Waals surface area contributed by atoms with Crippen molar-refractivity contribution in [3.63, 3.8) is 0 Å². The van der Waals surface area contributed by atoms with E-state index in [1.807, 2.05) is 24.5 Å². The first-order chi connectivity index (χ1) is 11.2. The van der Waals surface area contributed by atoms with Gasteiger partial charge in [-0.3, -0.25) is 0 Å². The van der Waals surface area contributed by atoms with E-state index in [0.717, 1.165) is 16.7 Å². The van der Waals surface area contributed by atoms with Gasteiger partial charge in [-0.25, -0.2) is 4.99 Å². The fourth-order valence-electron chi connectivity index (χ4n) is 3.62. The van der Waals surface area contributed by atoms with Crippen LogP contribution in [0.15, 0.2) is 41.3 Å². The van der Waals surface area contributed by atoms with Crippen LogP contribution in [0.3, 0.4) is 0 Å². The predicted octanol–water partition coefficient (Wildman–Crippen LogP) is 3.42. The second-order valence-electron chi connectivity index (χ2n) is 6.12. The van der Waals surface area contributed by atoms with Gasteiger partial charge in [0.2, 0.25) is 0 Å². The van der Waals surface area contributed by atoms with E-state index in [4.69, 9.17) is 11.1 Å². The van der Waals surface area contributed by atoms with Gasteiger partial charge in [-0.05, 0) is 30.9 Å². The van der Waals surface area contributed by atoms with Crippen LogP contribution >= 0.6 is 0 Å². The van der Waals surface area contributed by atoms with Crippen molar-refractivity contribution in [2.24, 2.45) is 16.6 Å². The van der Waals surface area contributed by atoms with Crippen LogP contribution in [0.1, 0.15) is 43.7 Å². The van der Waals surface area contributed by atoms with Gasteiger partial charge in [-0.15, -0.1) is 0 Å². The molecule has 0 bridgehead atoms. The first-order valence-corrected chi connectivity index (χ1v) is 8.04. The van der Waals surface area contributed by atoms with Crippen molar-refractivity contribution in [3.05, 3.63) is 41.9 Å². The van der Waals surface area contributed by atoms with Gasteiger partial charge in [0.1, 0.15) is 5.84 Å². The molecule has 5 nitrogen and oxygen atoms in total. The molecule has 1 aliphatic heterocycles. The Kier molecular flexibility index (Phi) is 4.42. The maximum atomic E-state index is 9.18. The molecule has 0 radical (unpaired) electrons. The standard InChI is InChI=1S/C18H21N5/c19-8-5-17(13-3-1-2-4-13)23-10-7-14(12-23)16(11-20)15-6-9-22-18(15)21/h6-7,9-13,17,20H,1-5H2,(H2,21,22)/b16-15+,20-11?. The topological polar surface area (TPSA) is 91.0 Å². The summed E-state index contributed by atoms with van der Waals surface area (Å²) in [5.41, 5.74) is 8.38. The van der Waals surface area contributed by atoms with Gasteiger partial charge in [0, 0.05) is 47.6 Å². The van der Waals surface area contributed by atoms with E-state index in [-0.39, 0.29) is 6.04 Å². The number of aliphatic imine (C=N–C) groups is 1. The number of nitrogens with two attached hydrogens (primary N) is 1. The smallest absolute Gasteiger partial charge is 0.131 e. The molecular weight excluding hydrogens is 286 g/mol. The number of nitrogens with one attached hydrogen (secondary N) is 1. The highest BCUT2D eigenvalue weighted by Crippen LogP contribution is 2.36. The molecule has 1 fully saturated rings. The van der Waals surface area contributed by atoms with Crippen LogP contribution in [0.4, 0.5) is 0 Å². The molecule has 2 aliphatic rings. The third kappa shape index (κ3) is 2.98. The number of aromatic nitrogens is 1. The average molecular weight is 307 g/mol. The number of amidine groups is 1. The van der Waals surface area contributed by atoms with E-state index in [9.17, 15) is 5.26 Å². The summed E-state index contributed by atoms with van der Waals surface area (Å²) in [4.78, 5) is 4.05. The Balaban J connectivity index is 1.92. The lowest BCUT2D eigenvalue weighted by Gasteiger charge is -2.22. The highest BCUT2D eigenvalue weighted by atomic mass is 15.0. The largest absolute Gasteiger partial charge is 0.383 e. The molecule has 3 rings (SSSR count). The highest BCUT2D eigenvalue weighted by molar-refractivity contribution is 6.21. The van der Waals surface area contributed by atoms with E-state index in [0.29, 0.717) is 18.2 Å². The van der Waals surface area contributed by atoms with E-state index in [1.165, 1.54) is 31.9 Å². The summed E-state index contributed by atoms with van der Waals surface area (Å²) in [6, 6.07) is 4.54. The first kappa shape index (κ1) is 15.3. The van der Waals surface area contributed by atoms with E-state index >= 15 is 0 Å². The van der Waals surface area contributed by atoms with Gasteiger partial charge in [0.05, 0.1) is 12.5 Å². The van der Waals surface area contributed by atoms with Crippen molar-refractivity contribution in [3.8, 4) is 6.07 Å². The normalized spacial score (nSPS) is 21.1. The van der Waals surface area contributed by atoms with Crippen LogP contribution in [-0.2, 0) is 0 Å². The molecule has 1 aliphatic carbocycles. The summed E-state index contributed by atoms with van der Waals surface area (Å²) in [6.45, 7) is 0. The quantitative estimate of drug-likeness (QED) is 0.816. The molecule has 2 heterocycles. The Labute approximate surface area is 136 Å². The van der Waals surface area contributed by atoms with Crippen LogP contribution < -0.4 is 5.73 Å². The maximum absolute atomic E-state index is 9.18. The third-order valence-corrected chi connectivity index (χ3v) is 4.82. The monoisotopic (exact) mass is 307 g/mol. The molecule has 1 atom stereocenters. The Morgan fingerprint density at radius 3 is 2.91 bits per heavy atom. The van der Waals surface area contributed by atoms with Gasteiger partial charge in [-0.2, -0.15) is 5.26 Å². The van der Waals surface area contributed by atoms with Gasteiger partial charge in [0.25, 0.3) is 0 Å². The number of nitrogens with zero attached hydrogens (tertiary/aromatic N) is 3. The van der Waals surface area contributed by atoms with Crippen LogP contribution in [0.2, 0.25) is 0 Å². The predicted molar refractivity (Wildman–Crippen MR) is 92.1 cm³/mol. The van der Waals surface area contributed by atoms with Gasteiger partial charge < -0.3 is 15.7 Å². The number of allylic oxidation sites excluding steroid dienone is 1. The zero-order chi connectivity index (χ0) is 16.2. The minimum Gasteiger partial charge on any atom is -0.383 e. The number of hydrogen-bond acceptors (Lipinski definition) is 4. The Bertz CT molecular complexity index is 723. The summed E-state index contributed by atoms with van der Waals surface area (Å²) < 4.78 is 2.14. The molecule has 1 aromatic rings. The SMILES string of the molecule is N#CCC(C1CCCC1)n1ccc(/C(C=N)=C2\C=CN=C2N)c1. The molecule has 1 unspecified atom stereocenters. The lowest BCUT2D eigenvalue weighted by molar-refractivity contribution is 0.340. The van der Waals surface area contributed by atoms with Crippen LogP contribution in [0, 0.1) is 22.7 Å². The van der Waals surface area contributed by atoms with E-state index in [1.54, 1.807) is 6.20 Å². The van der Waals surface area contributed by atoms with Gasteiger partial charge in [-0.1, -0.05) is 12.8 Å². The minimum atomic E-state index is 0.221. The Morgan fingerprint density at radius 2 is 2.30 bits per heavy atom. The minimum absolute atomic E-state index is 0.221. The van der Waals surface area contributed by atoms with Crippen LogP contribution in [0.25, 0.3) is 5.57 Å². The molecule has 0 amide bonds. The zero-order valence-corrected chi connectivity index (χ0v) is 13.1. The Hall–Kier alpha value is -2.61. The summed E-state index contributed by atoms with van der Waals surface area (Å²) in [5, 5.41) is 16.9. The van der Waals surface area contributed by atoms with Crippen LogP contribution in [-0.4, -0.2) is 16.6 Å². The zero-order valence-electron chi connectivity index (χ0n) is 13.1. The van der Waals surface area contributed by atoms with Gasteiger partial charge >= 0.3 is 0 Å². The molecule has 118 valence electrons. The fourth-order valence-corrected chi connectivity index (χ4v) is 3.62. The van der Waals surface area contributed by atoms with Crippen LogP contribution in [0.5, 0.6) is 0 Å². The first-order valence-electron chi connectivity index (χ1n) is 8.04. The fraction of sp³-hybridized carbons (Fsp3) is 0.389. The van der Waals surface area contributed by atoms with Crippen molar-refractivity contribution < 1.29 is 0 Å². The highest BCUT2D eigenvalue weighted by Gasteiger charge is 2.26.